The quantitative estimate of drug-likeness (QED) is 0.762. The fourth-order valence-corrected chi connectivity index (χ4v) is 2.44. The van der Waals surface area contributed by atoms with Gasteiger partial charge in [-0.1, -0.05) is 0 Å². The van der Waals surface area contributed by atoms with Crippen molar-refractivity contribution in [2.45, 2.75) is 39.5 Å². The number of anilines is 1. The van der Waals surface area contributed by atoms with E-state index in [1.54, 1.807) is 0 Å². The molecule has 1 fully saturated rings. The average Bonchev–Trinajstić information content (AvgIpc) is 2.69. The number of hydrogen-bond acceptors (Lipinski definition) is 3. The van der Waals surface area contributed by atoms with Crippen LogP contribution in [-0.4, -0.2) is 29.2 Å². The van der Waals surface area contributed by atoms with Crippen molar-refractivity contribution < 1.29 is 4.79 Å². The van der Waals surface area contributed by atoms with Crippen molar-refractivity contribution in [1.29, 1.82) is 0 Å². The van der Waals surface area contributed by atoms with Gasteiger partial charge in [0.25, 0.3) is 0 Å². The van der Waals surface area contributed by atoms with Crippen molar-refractivity contribution in [2.24, 2.45) is 5.92 Å². The zero-order chi connectivity index (χ0) is 13.0. The largest absolute Gasteiger partial charge is 0.323 e. The van der Waals surface area contributed by atoms with Crippen LogP contribution in [0.1, 0.15) is 37.1 Å². The van der Waals surface area contributed by atoms with Crippen LogP contribution in [0.3, 0.4) is 0 Å². The second kappa shape index (κ2) is 6.00. The Hall–Kier alpha value is -1.36. The number of nitrogens with one attached hydrogen (secondary N) is 3. The number of aromatic amines is 1. The number of carbonyl (C=O) groups is 1. The summed E-state index contributed by atoms with van der Waals surface area (Å²) in [5.41, 5.74) is 2.60. The van der Waals surface area contributed by atoms with Crippen molar-refractivity contribution in [3.8, 4) is 0 Å². The summed E-state index contributed by atoms with van der Waals surface area (Å²) >= 11 is 0. The lowest BCUT2D eigenvalue weighted by Crippen LogP contribution is -2.30. The van der Waals surface area contributed by atoms with E-state index in [1.165, 1.54) is 12.8 Å². The number of aryl methyl sites for hydroxylation is 2. The van der Waals surface area contributed by atoms with Gasteiger partial charge < -0.3 is 10.6 Å². The molecule has 0 bridgehead atoms. The summed E-state index contributed by atoms with van der Waals surface area (Å²) in [5, 5.41) is 13.3. The first-order valence-electron chi connectivity index (χ1n) is 6.69. The Kier molecular flexibility index (Phi) is 4.36. The van der Waals surface area contributed by atoms with E-state index in [2.05, 4.69) is 20.8 Å². The fourth-order valence-electron chi connectivity index (χ4n) is 2.44. The maximum atomic E-state index is 11.9. The normalized spacial score (nSPS) is 19.8. The van der Waals surface area contributed by atoms with Gasteiger partial charge in [-0.15, -0.1) is 0 Å². The zero-order valence-electron chi connectivity index (χ0n) is 11.2. The Labute approximate surface area is 108 Å². The molecule has 0 radical (unpaired) electrons. The third-order valence-electron chi connectivity index (χ3n) is 3.57. The summed E-state index contributed by atoms with van der Waals surface area (Å²) < 4.78 is 0. The first kappa shape index (κ1) is 13.1. The Morgan fingerprint density at radius 3 is 2.94 bits per heavy atom. The molecular formula is C13H22N4O. The highest BCUT2D eigenvalue weighted by Crippen LogP contribution is 2.19. The van der Waals surface area contributed by atoms with Crippen molar-refractivity contribution in [3.05, 3.63) is 11.4 Å². The second-order valence-corrected chi connectivity index (χ2v) is 5.11. The van der Waals surface area contributed by atoms with Crippen molar-refractivity contribution in [2.75, 3.05) is 18.4 Å². The van der Waals surface area contributed by atoms with Crippen LogP contribution in [0.2, 0.25) is 0 Å². The lowest BCUT2D eigenvalue weighted by molar-refractivity contribution is -0.116. The molecule has 0 aliphatic carbocycles. The highest BCUT2D eigenvalue weighted by atomic mass is 16.1. The van der Waals surface area contributed by atoms with Crippen LogP contribution in [0.5, 0.6) is 0 Å². The first-order valence-corrected chi connectivity index (χ1v) is 6.69. The van der Waals surface area contributed by atoms with E-state index >= 15 is 0 Å². The smallest absolute Gasteiger partial charge is 0.224 e. The monoisotopic (exact) mass is 250 g/mol. The number of carbonyl (C=O) groups excluding carboxylic acids is 1. The van der Waals surface area contributed by atoms with Crippen molar-refractivity contribution >= 4 is 11.6 Å². The maximum Gasteiger partial charge on any atom is 0.224 e. The number of nitrogens with zero attached hydrogens (tertiary/aromatic N) is 1. The molecule has 1 aliphatic rings. The minimum Gasteiger partial charge on any atom is -0.323 e. The third kappa shape index (κ3) is 3.32. The SMILES string of the molecule is Cc1n[nH]c(C)c1NC(=O)CCC1CCCNC1. The molecule has 1 atom stereocenters. The van der Waals surface area contributed by atoms with E-state index in [9.17, 15) is 4.79 Å². The van der Waals surface area contributed by atoms with Gasteiger partial charge in [0.2, 0.25) is 5.91 Å². The van der Waals surface area contributed by atoms with E-state index in [4.69, 9.17) is 0 Å². The van der Waals surface area contributed by atoms with E-state index in [0.29, 0.717) is 12.3 Å². The van der Waals surface area contributed by atoms with Gasteiger partial charge in [-0.3, -0.25) is 9.89 Å². The highest BCUT2D eigenvalue weighted by Gasteiger charge is 2.15. The van der Waals surface area contributed by atoms with Gasteiger partial charge in [-0.25, -0.2) is 0 Å². The van der Waals surface area contributed by atoms with Gasteiger partial charge in [0.05, 0.1) is 17.1 Å². The Balaban J connectivity index is 1.78. The fraction of sp³-hybridized carbons (Fsp3) is 0.692. The van der Waals surface area contributed by atoms with Crippen LogP contribution < -0.4 is 10.6 Å². The molecule has 1 amide bonds. The molecule has 2 rings (SSSR count). The van der Waals surface area contributed by atoms with E-state index in [0.717, 1.165) is 36.6 Å². The second-order valence-electron chi connectivity index (χ2n) is 5.11. The summed E-state index contributed by atoms with van der Waals surface area (Å²) in [6, 6.07) is 0. The number of rotatable bonds is 4. The van der Waals surface area contributed by atoms with Crippen LogP contribution in [0.15, 0.2) is 0 Å². The van der Waals surface area contributed by atoms with Gasteiger partial charge >= 0.3 is 0 Å². The third-order valence-corrected chi connectivity index (χ3v) is 3.57. The molecule has 1 aromatic heterocycles. The minimum atomic E-state index is 0.0909. The van der Waals surface area contributed by atoms with Crippen LogP contribution in [0, 0.1) is 19.8 Å². The van der Waals surface area contributed by atoms with E-state index in [1.807, 2.05) is 13.8 Å². The number of aromatic nitrogens is 2. The molecule has 5 heteroatoms. The predicted molar refractivity (Wildman–Crippen MR) is 71.5 cm³/mol. The van der Waals surface area contributed by atoms with Crippen LogP contribution >= 0.6 is 0 Å². The van der Waals surface area contributed by atoms with Gasteiger partial charge in [-0.2, -0.15) is 5.10 Å². The topological polar surface area (TPSA) is 69.8 Å². The molecule has 18 heavy (non-hydrogen) atoms. The summed E-state index contributed by atoms with van der Waals surface area (Å²) in [6.07, 6.45) is 4.03. The molecule has 100 valence electrons. The van der Waals surface area contributed by atoms with Crippen LogP contribution in [-0.2, 0) is 4.79 Å². The molecule has 1 aromatic rings. The summed E-state index contributed by atoms with van der Waals surface area (Å²) in [4.78, 5) is 11.9. The Morgan fingerprint density at radius 2 is 2.33 bits per heavy atom. The summed E-state index contributed by atoms with van der Waals surface area (Å²) in [5.74, 6) is 0.740. The maximum absolute atomic E-state index is 11.9. The Bertz CT molecular complexity index is 388. The molecule has 1 unspecified atom stereocenters. The summed E-state index contributed by atoms with van der Waals surface area (Å²) in [7, 11) is 0. The van der Waals surface area contributed by atoms with Crippen LogP contribution in [0.25, 0.3) is 0 Å². The van der Waals surface area contributed by atoms with E-state index < -0.39 is 0 Å². The van der Waals surface area contributed by atoms with Crippen LogP contribution in [0.4, 0.5) is 5.69 Å². The molecule has 3 N–H and O–H groups in total. The van der Waals surface area contributed by atoms with Crippen molar-refractivity contribution in [1.82, 2.24) is 15.5 Å². The molecule has 1 aliphatic heterocycles. The van der Waals surface area contributed by atoms with Gasteiger partial charge in [-0.05, 0) is 52.1 Å². The molecule has 5 nitrogen and oxygen atoms in total. The predicted octanol–water partition coefficient (Wildman–Crippen LogP) is 1.74. The van der Waals surface area contributed by atoms with Gasteiger partial charge in [0.15, 0.2) is 0 Å². The minimum absolute atomic E-state index is 0.0909. The molecule has 0 saturated carbocycles. The lowest BCUT2D eigenvalue weighted by atomic mass is 9.94. The zero-order valence-corrected chi connectivity index (χ0v) is 11.2. The highest BCUT2D eigenvalue weighted by molar-refractivity contribution is 5.91. The molecule has 2 heterocycles. The Morgan fingerprint density at radius 1 is 1.50 bits per heavy atom. The lowest BCUT2D eigenvalue weighted by Gasteiger charge is -2.22. The number of hydrogen-bond donors (Lipinski definition) is 3. The average molecular weight is 250 g/mol. The van der Waals surface area contributed by atoms with E-state index in [-0.39, 0.29) is 5.91 Å². The number of H-pyrrole nitrogens is 1. The summed E-state index contributed by atoms with van der Waals surface area (Å²) in [6.45, 7) is 5.98. The van der Waals surface area contributed by atoms with Crippen molar-refractivity contribution in [3.63, 3.8) is 0 Å². The number of piperidine rings is 1. The van der Waals surface area contributed by atoms with Gasteiger partial charge in [0, 0.05) is 6.42 Å². The molecule has 0 aromatic carbocycles. The molecular weight excluding hydrogens is 228 g/mol. The first-order chi connectivity index (χ1) is 8.66. The molecule has 1 saturated heterocycles. The standard InChI is InChI=1S/C13H22N4O/c1-9-13(10(2)17-16-9)15-12(18)6-5-11-4-3-7-14-8-11/h11,14H,3-8H2,1-2H3,(H,15,18)(H,16,17). The molecule has 0 spiro atoms. The van der Waals surface area contributed by atoms with Gasteiger partial charge in [0.1, 0.15) is 0 Å². The number of amides is 1.